The third-order valence-electron chi connectivity index (χ3n) is 5.13. The molecule has 5 nitrogen and oxygen atoms in total. The predicted octanol–water partition coefficient (Wildman–Crippen LogP) is 4.13. The van der Waals surface area contributed by atoms with Gasteiger partial charge in [0.15, 0.2) is 0 Å². The van der Waals surface area contributed by atoms with Crippen molar-refractivity contribution in [1.82, 2.24) is 14.5 Å². The van der Waals surface area contributed by atoms with E-state index in [4.69, 9.17) is 4.74 Å². The summed E-state index contributed by atoms with van der Waals surface area (Å²) in [5.41, 5.74) is 0.218. The number of carbonyl (C=O) groups is 1. The van der Waals surface area contributed by atoms with E-state index >= 15 is 0 Å². The van der Waals surface area contributed by atoms with Gasteiger partial charge in [0.2, 0.25) is 11.8 Å². The zero-order chi connectivity index (χ0) is 20.4. The first kappa shape index (κ1) is 19.3. The smallest absolute Gasteiger partial charge is 0.417 e. The fourth-order valence-electron chi connectivity index (χ4n) is 3.54. The van der Waals surface area contributed by atoms with Crippen LogP contribution in [0, 0.1) is 0 Å². The number of aromatic nitrogens is 2. The molecule has 0 N–H and O–H groups in total. The minimum Gasteiger partial charge on any atom is -0.474 e. The van der Waals surface area contributed by atoms with Crippen LogP contribution in [0.15, 0.2) is 54.9 Å². The molecule has 29 heavy (non-hydrogen) atoms. The molecule has 0 radical (unpaired) electrons. The zero-order valence-electron chi connectivity index (χ0n) is 15.6. The van der Waals surface area contributed by atoms with Crippen LogP contribution in [0.4, 0.5) is 13.2 Å². The minimum atomic E-state index is -4.41. The summed E-state index contributed by atoms with van der Waals surface area (Å²) in [6.45, 7) is 1.37. The van der Waals surface area contributed by atoms with E-state index in [0.29, 0.717) is 25.9 Å². The summed E-state index contributed by atoms with van der Waals surface area (Å²) in [5.74, 6) is 0.207. The number of carbonyl (C=O) groups excluding carboxylic acids is 1. The van der Waals surface area contributed by atoms with Crippen molar-refractivity contribution in [2.75, 3.05) is 13.1 Å². The Bertz CT molecular complexity index is 990. The Morgan fingerprint density at radius 2 is 1.86 bits per heavy atom. The van der Waals surface area contributed by atoms with Crippen LogP contribution in [0.5, 0.6) is 5.88 Å². The van der Waals surface area contributed by atoms with Crippen LogP contribution in [-0.2, 0) is 17.5 Å². The van der Waals surface area contributed by atoms with E-state index in [9.17, 15) is 18.0 Å². The van der Waals surface area contributed by atoms with E-state index < -0.39 is 11.7 Å². The second kappa shape index (κ2) is 7.77. The summed E-state index contributed by atoms with van der Waals surface area (Å²) in [5, 5.41) is 1.09. The Morgan fingerprint density at radius 3 is 2.55 bits per heavy atom. The molecule has 0 unspecified atom stereocenters. The first-order valence-electron chi connectivity index (χ1n) is 9.42. The molecule has 8 heteroatoms. The summed E-state index contributed by atoms with van der Waals surface area (Å²) in [7, 11) is 0. The van der Waals surface area contributed by atoms with Crippen LogP contribution < -0.4 is 4.74 Å². The van der Waals surface area contributed by atoms with Crippen molar-refractivity contribution in [2.45, 2.75) is 31.7 Å². The fourth-order valence-corrected chi connectivity index (χ4v) is 3.54. The van der Waals surface area contributed by atoms with Crippen LogP contribution in [0.1, 0.15) is 18.4 Å². The Kier molecular flexibility index (Phi) is 5.17. The quantitative estimate of drug-likeness (QED) is 0.658. The van der Waals surface area contributed by atoms with Crippen molar-refractivity contribution in [3.63, 3.8) is 0 Å². The third kappa shape index (κ3) is 4.36. The lowest BCUT2D eigenvalue weighted by molar-refractivity contribution is -0.137. The Hall–Kier alpha value is -3.03. The highest BCUT2D eigenvalue weighted by Crippen LogP contribution is 2.29. The highest BCUT2D eigenvalue weighted by atomic mass is 19.4. The fraction of sp³-hybridized carbons (Fsp3) is 0.333. The number of pyridine rings is 1. The SMILES string of the molecule is O=C(Cn1ccc2ccccc21)N1CCC(Oc2ccc(C(F)(F)F)cn2)CC1. The molecule has 1 aliphatic rings. The van der Waals surface area contributed by atoms with E-state index in [0.717, 1.165) is 23.2 Å². The van der Waals surface area contributed by atoms with Crippen molar-refractivity contribution in [1.29, 1.82) is 0 Å². The molecule has 1 aliphatic heterocycles. The first-order valence-corrected chi connectivity index (χ1v) is 9.42. The number of likely N-dealkylation sites (tertiary alicyclic amines) is 1. The number of hydrogen-bond acceptors (Lipinski definition) is 3. The van der Waals surface area contributed by atoms with Gasteiger partial charge in [0.25, 0.3) is 0 Å². The number of benzene rings is 1. The summed E-state index contributed by atoms with van der Waals surface area (Å²) in [6, 6.07) is 12.1. The van der Waals surface area contributed by atoms with Crippen LogP contribution in [-0.4, -0.2) is 39.6 Å². The van der Waals surface area contributed by atoms with Crippen molar-refractivity contribution in [3.05, 3.63) is 60.4 Å². The molecule has 4 rings (SSSR count). The van der Waals surface area contributed by atoms with Crippen LogP contribution >= 0.6 is 0 Å². The van der Waals surface area contributed by atoms with E-state index in [1.165, 1.54) is 6.07 Å². The molecular formula is C21H20F3N3O2. The molecular weight excluding hydrogens is 383 g/mol. The molecule has 3 heterocycles. The molecule has 0 spiro atoms. The van der Waals surface area contributed by atoms with Crippen LogP contribution in [0.3, 0.4) is 0 Å². The van der Waals surface area contributed by atoms with Gasteiger partial charge in [-0.3, -0.25) is 4.79 Å². The number of nitrogens with zero attached hydrogens (tertiary/aromatic N) is 3. The van der Waals surface area contributed by atoms with Crippen molar-refractivity contribution in [2.24, 2.45) is 0 Å². The molecule has 1 fully saturated rings. The van der Waals surface area contributed by atoms with Gasteiger partial charge in [0.05, 0.1) is 5.56 Å². The lowest BCUT2D eigenvalue weighted by Crippen LogP contribution is -2.43. The molecule has 0 atom stereocenters. The highest BCUT2D eigenvalue weighted by molar-refractivity contribution is 5.83. The average Bonchev–Trinajstić information content (AvgIpc) is 3.11. The van der Waals surface area contributed by atoms with Gasteiger partial charge < -0.3 is 14.2 Å². The first-order chi connectivity index (χ1) is 13.9. The largest absolute Gasteiger partial charge is 0.474 e. The Balaban J connectivity index is 1.30. The number of halogens is 3. The van der Waals surface area contributed by atoms with Gasteiger partial charge in [-0.25, -0.2) is 4.98 Å². The Labute approximate surface area is 165 Å². The molecule has 0 aliphatic carbocycles. The van der Waals surface area contributed by atoms with Crippen molar-refractivity contribution >= 4 is 16.8 Å². The van der Waals surface area contributed by atoms with Gasteiger partial charge >= 0.3 is 6.18 Å². The van der Waals surface area contributed by atoms with Crippen molar-refractivity contribution in [3.8, 4) is 5.88 Å². The molecule has 152 valence electrons. The molecule has 2 aromatic heterocycles. The maximum absolute atomic E-state index is 12.7. The number of hydrogen-bond donors (Lipinski definition) is 0. The topological polar surface area (TPSA) is 47.4 Å². The summed E-state index contributed by atoms with van der Waals surface area (Å²) in [4.78, 5) is 18.2. The maximum atomic E-state index is 12.7. The number of amides is 1. The number of rotatable bonds is 4. The minimum absolute atomic E-state index is 0.0393. The second-order valence-electron chi connectivity index (χ2n) is 7.08. The average molecular weight is 403 g/mol. The lowest BCUT2D eigenvalue weighted by Gasteiger charge is -2.32. The van der Waals surface area contributed by atoms with Crippen LogP contribution in [0.2, 0.25) is 0 Å². The summed E-state index contributed by atoms with van der Waals surface area (Å²) >= 11 is 0. The van der Waals surface area contributed by atoms with Crippen LogP contribution in [0.25, 0.3) is 10.9 Å². The monoisotopic (exact) mass is 403 g/mol. The predicted molar refractivity (Wildman–Crippen MR) is 101 cm³/mol. The van der Waals surface area contributed by atoms with Gasteiger partial charge in [-0.2, -0.15) is 13.2 Å². The number of para-hydroxylation sites is 1. The molecule has 1 saturated heterocycles. The number of ether oxygens (including phenoxy) is 1. The highest BCUT2D eigenvalue weighted by Gasteiger charge is 2.31. The maximum Gasteiger partial charge on any atom is 0.417 e. The van der Waals surface area contributed by atoms with Gasteiger partial charge in [0, 0.05) is 49.9 Å². The van der Waals surface area contributed by atoms with Gasteiger partial charge in [-0.15, -0.1) is 0 Å². The molecule has 0 bridgehead atoms. The molecule has 3 aromatic rings. The van der Waals surface area contributed by atoms with Crippen molar-refractivity contribution < 1.29 is 22.7 Å². The molecule has 0 saturated carbocycles. The van der Waals surface area contributed by atoms with Gasteiger partial charge in [0.1, 0.15) is 12.6 Å². The van der Waals surface area contributed by atoms with E-state index in [-0.39, 0.29) is 24.4 Å². The van der Waals surface area contributed by atoms with E-state index in [1.807, 2.05) is 41.1 Å². The number of alkyl halides is 3. The lowest BCUT2D eigenvalue weighted by atomic mass is 10.1. The second-order valence-corrected chi connectivity index (χ2v) is 7.08. The summed E-state index contributed by atoms with van der Waals surface area (Å²) < 4.78 is 45.4. The van der Waals surface area contributed by atoms with E-state index in [1.54, 1.807) is 4.90 Å². The van der Waals surface area contributed by atoms with Gasteiger partial charge in [-0.05, 0) is 23.6 Å². The van der Waals surface area contributed by atoms with E-state index in [2.05, 4.69) is 4.98 Å². The number of fused-ring (bicyclic) bond motifs is 1. The third-order valence-corrected chi connectivity index (χ3v) is 5.13. The standard InChI is InChI=1S/C21H20F3N3O2/c22-21(23,24)16-5-6-19(25-13-16)29-17-8-11-26(12-9-17)20(28)14-27-10-7-15-3-1-2-4-18(15)27/h1-7,10,13,17H,8-9,11-12,14H2. The molecule has 1 amide bonds. The zero-order valence-corrected chi connectivity index (χ0v) is 15.6. The summed E-state index contributed by atoms with van der Waals surface area (Å²) in [6.07, 6.45) is -0.676. The normalized spacial score (nSPS) is 15.6. The Morgan fingerprint density at radius 1 is 1.10 bits per heavy atom. The van der Waals surface area contributed by atoms with Gasteiger partial charge in [-0.1, -0.05) is 18.2 Å². The molecule has 1 aromatic carbocycles. The number of piperidine rings is 1.